The number of hydrogen-bond donors (Lipinski definition) is 6. The third-order valence-corrected chi connectivity index (χ3v) is 9.07. The van der Waals surface area contributed by atoms with Crippen molar-refractivity contribution in [1.29, 1.82) is 0 Å². The van der Waals surface area contributed by atoms with Gasteiger partial charge in [0.25, 0.3) is 0 Å². The SMILES string of the molecule is CC1CCC2(C)C(C(=O)OC3OC(CO)C(O)C(O)C3O)=CCCC2C1(C)CCC(=CCO)CO. The summed E-state index contributed by atoms with van der Waals surface area (Å²) in [7, 11) is 0. The Bertz CT molecular complexity index is 809. The lowest BCUT2D eigenvalue weighted by Gasteiger charge is -2.58. The van der Waals surface area contributed by atoms with Gasteiger partial charge in [-0.3, -0.25) is 0 Å². The van der Waals surface area contributed by atoms with Gasteiger partial charge >= 0.3 is 5.97 Å². The molecule has 1 heterocycles. The molecule has 0 spiro atoms. The van der Waals surface area contributed by atoms with Gasteiger partial charge in [0.05, 0.1) is 19.8 Å². The molecule has 35 heavy (non-hydrogen) atoms. The molecule has 9 heteroatoms. The Balaban J connectivity index is 1.81. The lowest BCUT2D eigenvalue weighted by atomic mass is 9.46. The highest BCUT2D eigenvalue weighted by Crippen LogP contribution is 2.62. The minimum Gasteiger partial charge on any atom is -0.429 e. The number of rotatable bonds is 8. The summed E-state index contributed by atoms with van der Waals surface area (Å²) in [5.41, 5.74) is 0.753. The van der Waals surface area contributed by atoms with Crippen LogP contribution in [0, 0.1) is 22.7 Å². The molecule has 0 amide bonds. The van der Waals surface area contributed by atoms with E-state index in [2.05, 4.69) is 20.8 Å². The van der Waals surface area contributed by atoms with E-state index in [4.69, 9.17) is 9.47 Å². The first-order valence-corrected chi connectivity index (χ1v) is 12.6. The summed E-state index contributed by atoms with van der Waals surface area (Å²) in [6, 6.07) is 0. The van der Waals surface area contributed by atoms with Crippen molar-refractivity contribution in [3.8, 4) is 0 Å². The monoisotopic (exact) mass is 498 g/mol. The molecule has 2 aliphatic carbocycles. The Labute approximate surface area is 207 Å². The van der Waals surface area contributed by atoms with Crippen LogP contribution in [-0.4, -0.2) is 87.1 Å². The third-order valence-electron chi connectivity index (χ3n) is 9.07. The Hall–Kier alpha value is -1.33. The van der Waals surface area contributed by atoms with E-state index in [-0.39, 0.29) is 24.5 Å². The quantitative estimate of drug-likeness (QED) is 0.210. The molecule has 9 nitrogen and oxygen atoms in total. The van der Waals surface area contributed by atoms with Crippen molar-refractivity contribution >= 4 is 5.97 Å². The van der Waals surface area contributed by atoms with Crippen molar-refractivity contribution < 1.29 is 44.9 Å². The van der Waals surface area contributed by atoms with Gasteiger partial charge in [-0.15, -0.1) is 0 Å². The van der Waals surface area contributed by atoms with E-state index in [1.54, 1.807) is 6.08 Å². The van der Waals surface area contributed by atoms with Gasteiger partial charge in [-0.2, -0.15) is 0 Å². The summed E-state index contributed by atoms with van der Waals surface area (Å²) in [6.45, 7) is 5.76. The Morgan fingerprint density at radius 1 is 1.14 bits per heavy atom. The zero-order chi connectivity index (χ0) is 26.0. The van der Waals surface area contributed by atoms with Crippen LogP contribution in [0.3, 0.4) is 0 Å². The number of aliphatic hydroxyl groups excluding tert-OH is 6. The van der Waals surface area contributed by atoms with Gasteiger partial charge in [0.2, 0.25) is 6.29 Å². The van der Waals surface area contributed by atoms with E-state index >= 15 is 0 Å². The first-order valence-electron chi connectivity index (χ1n) is 12.6. The van der Waals surface area contributed by atoms with Crippen molar-refractivity contribution in [1.82, 2.24) is 0 Å². The van der Waals surface area contributed by atoms with Crippen LogP contribution in [0.1, 0.15) is 59.3 Å². The Morgan fingerprint density at radius 3 is 2.49 bits per heavy atom. The van der Waals surface area contributed by atoms with Gasteiger partial charge < -0.3 is 40.1 Å². The topological polar surface area (TPSA) is 157 Å². The molecule has 9 unspecified atom stereocenters. The molecule has 1 saturated heterocycles. The average molecular weight is 499 g/mol. The van der Waals surface area contributed by atoms with Crippen LogP contribution in [0.4, 0.5) is 0 Å². The van der Waals surface area contributed by atoms with Gasteiger partial charge in [-0.05, 0) is 61.3 Å². The van der Waals surface area contributed by atoms with E-state index in [1.807, 2.05) is 6.08 Å². The molecule has 0 bridgehead atoms. The number of esters is 1. The van der Waals surface area contributed by atoms with Gasteiger partial charge in [0.1, 0.15) is 24.4 Å². The molecule has 2 fully saturated rings. The molecular formula is C26H42O9. The first-order chi connectivity index (χ1) is 16.5. The van der Waals surface area contributed by atoms with Crippen molar-refractivity contribution in [2.24, 2.45) is 22.7 Å². The largest absolute Gasteiger partial charge is 0.429 e. The highest BCUT2D eigenvalue weighted by atomic mass is 16.7. The summed E-state index contributed by atoms with van der Waals surface area (Å²) in [6.07, 6.45) is 0.895. The van der Waals surface area contributed by atoms with Gasteiger partial charge in [0.15, 0.2) is 0 Å². The minimum atomic E-state index is -1.64. The minimum absolute atomic E-state index is 0.0937. The summed E-state index contributed by atoms with van der Waals surface area (Å²) in [4.78, 5) is 13.4. The standard InChI is InChI=1S/C26H42O9/c1-15-7-10-26(3)17(23(33)35-24-22(32)21(31)20(30)18(14-29)34-24)5-4-6-19(26)25(15,2)11-8-16(13-28)9-12-27/h5,9,15,18-22,24,27-32H,4,6-8,10-14H2,1-3H3. The second-order valence-corrected chi connectivity index (χ2v) is 10.9. The molecule has 0 radical (unpaired) electrons. The van der Waals surface area contributed by atoms with Gasteiger partial charge in [0, 0.05) is 11.0 Å². The number of carbonyl (C=O) groups is 1. The van der Waals surface area contributed by atoms with E-state index in [0.29, 0.717) is 24.3 Å². The fraction of sp³-hybridized carbons (Fsp3) is 0.808. The summed E-state index contributed by atoms with van der Waals surface area (Å²) in [5.74, 6) is -0.0553. The molecule has 3 aliphatic rings. The number of carbonyl (C=O) groups excluding carboxylic acids is 1. The molecule has 0 aromatic carbocycles. The van der Waals surface area contributed by atoms with E-state index < -0.39 is 48.7 Å². The highest BCUT2D eigenvalue weighted by Gasteiger charge is 2.56. The van der Waals surface area contributed by atoms with Gasteiger partial charge in [-0.1, -0.05) is 32.9 Å². The maximum Gasteiger partial charge on any atom is 0.336 e. The van der Waals surface area contributed by atoms with Crippen LogP contribution in [0.5, 0.6) is 0 Å². The third kappa shape index (κ3) is 5.37. The van der Waals surface area contributed by atoms with Crippen LogP contribution < -0.4 is 0 Å². The molecule has 9 atom stereocenters. The number of ether oxygens (including phenoxy) is 2. The zero-order valence-corrected chi connectivity index (χ0v) is 21.0. The number of allylic oxidation sites excluding steroid dienone is 1. The lowest BCUT2D eigenvalue weighted by molar-refractivity contribution is -0.291. The Kier molecular flexibility index (Phi) is 9.18. The molecule has 0 aromatic rings. The van der Waals surface area contributed by atoms with Crippen LogP contribution in [0.2, 0.25) is 0 Å². The van der Waals surface area contributed by atoms with Crippen LogP contribution in [0.25, 0.3) is 0 Å². The maximum atomic E-state index is 13.4. The lowest BCUT2D eigenvalue weighted by Crippen LogP contribution is -2.59. The maximum absolute atomic E-state index is 13.4. The van der Waals surface area contributed by atoms with Crippen molar-refractivity contribution in [2.75, 3.05) is 19.8 Å². The van der Waals surface area contributed by atoms with Gasteiger partial charge in [-0.25, -0.2) is 4.79 Å². The number of fused-ring (bicyclic) bond motifs is 1. The normalized spacial score (nSPS) is 42.3. The van der Waals surface area contributed by atoms with Crippen molar-refractivity contribution in [2.45, 2.75) is 90.0 Å². The van der Waals surface area contributed by atoms with Crippen LogP contribution in [-0.2, 0) is 14.3 Å². The second kappa shape index (κ2) is 11.4. The molecule has 200 valence electrons. The molecule has 0 aromatic heterocycles. The molecule has 1 saturated carbocycles. The van der Waals surface area contributed by atoms with Crippen LogP contribution in [0.15, 0.2) is 23.3 Å². The van der Waals surface area contributed by atoms with E-state index in [0.717, 1.165) is 31.3 Å². The first kappa shape index (κ1) is 28.2. The molecule has 3 rings (SSSR count). The number of hydrogen-bond acceptors (Lipinski definition) is 9. The molecule has 1 aliphatic heterocycles. The predicted octanol–water partition coefficient (Wildman–Crippen LogP) is 0.800. The summed E-state index contributed by atoms with van der Waals surface area (Å²) in [5, 5.41) is 58.7. The summed E-state index contributed by atoms with van der Waals surface area (Å²) >= 11 is 0. The molecular weight excluding hydrogens is 456 g/mol. The van der Waals surface area contributed by atoms with Crippen molar-refractivity contribution in [3.63, 3.8) is 0 Å². The van der Waals surface area contributed by atoms with E-state index in [9.17, 15) is 35.4 Å². The second-order valence-electron chi connectivity index (χ2n) is 10.9. The average Bonchev–Trinajstić information content (AvgIpc) is 2.84. The zero-order valence-electron chi connectivity index (χ0n) is 21.0. The fourth-order valence-corrected chi connectivity index (χ4v) is 6.57. The van der Waals surface area contributed by atoms with Crippen molar-refractivity contribution in [3.05, 3.63) is 23.3 Å². The molecule has 6 N–H and O–H groups in total. The smallest absolute Gasteiger partial charge is 0.336 e. The van der Waals surface area contributed by atoms with E-state index in [1.165, 1.54) is 0 Å². The Morgan fingerprint density at radius 2 is 1.86 bits per heavy atom. The van der Waals surface area contributed by atoms with Crippen LogP contribution >= 0.6 is 0 Å². The number of aliphatic hydroxyl groups is 6. The summed E-state index contributed by atoms with van der Waals surface area (Å²) < 4.78 is 10.9. The fourth-order valence-electron chi connectivity index (χ4n) is 6.57. The highest BCUT2D eigenvalue weighted by molar-refractivity contribution is 5.90. The predicted molar refractivity (Wildman–Crippen MR) is 127 cm³/mol.